The first-order valence-corrected chi connectivity index (χ1v) is 5.50. The van der Waals surface area contributed by atoms with Crippen molar-refractivity contribution < 1.29 is 27.8 Å². The predicted octanol–water partition coefficient (Wildman–Crippen LogP) is 3.36. The minimum absolute atomic E-state index is 0.219. The van der Waals surface area contributed by atoms with Crippen LogP contribution in [0.5, 0.6) is 5.75 Å². The molecule has 3 nitrogen and oxygen atoms in total. The molecule has 0 heterocycles. The van der Waals surface area contributed by atoms with Crippen LogP contribution in [0.1, 0.15) is 12.5 Å². The van der Waals surface area contributed by atoms with Crippen LogP contribution in [0, 0.1) is 5.92 Å². The number of hydrogen-bond donors (Lipinski definition) is 1. The minimum Gasteiger partial charge on any atom is -0.492 e. The van der Waals surface area contributed by atoms with Crippen LogP contribution in [0.2, 0.25) is 0 Å². The third-order valence-electron chi connectivity index (χ3n) is 2.36. The Hall–Kier alpha value is -1.98. The minimum atomic E-state index is -4.83. The summed E-state index contributed by atoms with van der Waals surface area (Å²) in [6.45, 7) is 0.806. The molecule has 1 atom stereocenters. The van der Waals surface area contributed by atoms with Crippen LogP contribution < -0.4 is 4.74 Å². The van der Waals surface area contributed by atoms with Crippen molar-refractivity contribution in [2.75, 3.05) is 6.61 Å². The SMILES string of the molecule is C/C=C/c1ccccc1OCC(C(=O)O)C(F)(F)F. The fraction of sp³-hybridized carbons (Fsp3) is 0.308. The number of rotatable bonds is 5. The zero-order valence-electron chi connectivity index (χ0n) is 10.1. The molecule has 0 amide bonds. The Morgan fingerprint density at radius 1 is 1.42 bits per heavy atom. The van der Waals surface area contributed by atoms with Crippen LogP contribution in [-0.2, 0) is 4.79 Å². The van der Waals surface area contributed by atoms with Gasteiger partial charge in [-0.15, -0.1) is 0 Å². The molecule has 19 heavy (non-hydrogen) atoms. The highest BCUT2D eigenvalue weighted by Crippen LogP contribution is 2.28. The van der Waals surface area contributed by atoms with E-state index in [4.69, 9.17) is 9.84 Å². The Bertz CT molecular complexity index is 466. The van der Waals surface area contributed by atoms with Gasteiger partial charge in [-0.25, -0.2) is 0 Å². The molecule has 1 rings (SSSR count). The van der Waals surface area contributed by atoms with Crippen LogP contribution in [0.4, 0.5) is 13.2 Å². The van der Waals surface area contributed by atoms with Gasteiger partial charge < -0.3 is 9.84 Å². The molecule has 1 unspecified atom stereocenters. The van der Waals surface area contributed by atoms with E-state index in [-0.39, 0.29) is 5.75 Å². The number of carboxylic acids is 1. The summed E-state index contributed by atoms with van der Waals surface area (Å²) >= 11 is 0. The molecule has 1 aromatic carbocycles. The summed E-state index contributed by atoms with van der Waals surface area (Å²) in [5.41, 5.74) is 0.594. The summed E-state index contributed by atoms with van der Waals surface area (Å²) in [6, 6.07) is 6.47. The summed E-state index contributed by atoms with van der Waals surface area (Å²) in [4.78, 5) is 10.6. The van der Waals surface area contributed by atoms with E-state index >= 15 is 0 Å². The molecule has 1 aromatic rings. The highest BCUT2D eigenvalue weighted by molar-refractivity contribution is 5.71. The smallest absolute Gasteiger partial charge is 0.405 e. The third kappa shape index (κ3) is 4.31. The van der Waals surface area contributed by atoms with E-state index in [0.29, 0.717) is 5.56 Å². The summed E-state index contributed by atoms with van der Waals surface area (Å²) in [5, 5.41) is 8.55. The molecule has 0 saturated heterocycles. The highest BCUT2D eigenvalue weighted by Gasteiger charge is 2.45. The average Bonchev–Trinajstić information content (AvgIpc) is 2.29. The van der Waals surface area contributed by atoms with E-state index in [1.165, 1.54) is 6.07 Å². The highest BCUT2D eigenvalue weighted by atomic mass is 19.4. The van der Waals surface area contributed by atoms with Crippen molar-refractivity contribution in [1.29, 1.82) is 0 Å². The second-order valence-electron chi connectivity index (χ2n) is 3.78. The summed E-state index contributed by atoms with van der Waals surface area (Å²) in [6.07, 6.45) is -1.46. The van der Waals surface area contributed by atoms with Gasteiger partial charge in [0.25, 0.3) is 0 Å². The largest absolute Gasteiger partial charge is 0.492 e. The Labute approximate surface area is 108 Å². The number of para-hydroxylation sites is 1. The number of alkyl halides is 3. The predicted molar refractivity (Wildman–Crippen MR) is 63.8 cm³/mol. The van der Waals surface area contributed by atoms with Crippen molar-refractivity contribution in [2.24, 2.45) is 5.92 Å². The van der Waals surface area contributed by atoms with Crippen LogP contribution in [-0.4, -0.2) is 23.9 Å². The van der Waals surface area contributed by atoms with Gasteiger partial charge in [0.05, 0.1) is 0 Å². The second-order valence-corrected chi connectivity index (χ2v) is 3.78. The third-order valence-corrected chi connectivity index (χ3v) is 2.36. The Balaban J connectivity index is 2.83. The van der Waals surface area contributed by atoms with Gasteiger partial charge >= 0.3 is 12.1 Å². The Morgan fingerprint density at radius 3 is 2.58 bits per heavy atom. The molecule has 0 saturated carbocycles. The van der Waals surface area contributed by atoms with Crippen LogP contribution in [0.3, 0.4) is 0 Å². The monoisotopic (exact) mass is 274 g/mol. The Morgan fingerprint density at radius 2 is 2.05 bits per heavy atom. The van der Waals surface area contributed by atoms with E-state index in [2.05, 4.69) is 0 Å². The van der Waals surface area contributed by atoms with Gasteiger partial charge in [0.15, 0.2) is 5.92 Å². The molecule has 6 heteroatoms. The van der Waals surface area contributed by atoms with Crippen molar-refractivity contribution in [3.8, 4) is 5.75 Å². The molecule has 0 aliphatic heterocycles. The molecule has 0 aliphatic rings. The molecule has 0 bridgehead atoms. The van der Waals surface area contributed by atoms with E-state index in [1.54, 1.807) is 37.3 Å². The number of allylic oxidation sites excluding steroid dienone is 1. The number of benzene rings is 1. The zero-order valence-corrected chi connectivity index (χ0v) is 10.1. The molecule has 0 spiro atoms. The fourth-order valence-electron chi connectivity index (χ4n) is 1.41. The number of ether oxygens (including phenoxy) is 1. The van der Waals surface area contributed by atoms with Crippen molar-refractivity contribution in [2.45, 2.75) is 13.1 Å². The number of carbonyl (C=O) groups is 1. The van der Waals surface area contributed by atoms with E-state index in [9.17, 15) is 18.0 Å². The van der Waals surface area contributed by atoms with Gasteiger partial charge in [-0.1, -0.05) is 30.4 Å². The standard InChI is InChI=1S/C13H13F3O3/c1-2-5-9-6-3-4-7-11(9)19-8-10(12(17)18)13(14,15)16/h2-7,10H,8H2,1H3,(H,17,18)/b5-2+. The van der Waals surface area contributed by atoms with Crippen molar-refractivity contribution in [1.82, 2.24) is 0 Å². The Kier molecular flexibility index (Phi) is 4.97. The number of hydrogen-bond acceptors (Lipinski definition) is 2. The van der Waals surface area contributed by atoms with E-state index in [0.717, 1.165) is 0 Å². The molecule has 0 aromatic heterocycles. The maximum absolute atomic E-state index is 12.4. The molecule has 0 aliphatic carbocycles. The lowest BCUT2D eigenvalue weighted by molar-refractivity contribution is -0.198. The van der Waals surface area contributed by atoms with Crippen molar-refractivity contribution >= 4 is 12.0 Å². The first-order valence-electron chi connectivity index (χ1n) is 5.50. The molecule has 0 radical (unpaired) electrons. The maximum atomic E-state index is 12.4. The number of carboxylic acid groups (broad SMARTS) is 1. The lowest BCUT2D eigenvalue weighted by atomic mass is 10.1. The molecular formula is C13H13F3O3. The molecule has 0 fully saturated rings. The van der Waals surface area contributed by atoms with Gasteiger partial charge in [-0.2, -0.15) is 13.2 Å². The average molecular weight is 274 g/mol. The summed E-state index contributed by atoms with van der Waals surface area (Å²) < 4.78 is 42.3. The lowest BCUT2D eigenvalue weighted by Crippen LogP contribution is -2.35. The molecule has 1 N–H and O–H groups in total. The fourth-order valence-corrected chi connectivity index (χ4v) is 1.41. The first-order chi connectivity index (χ1) is 8.86. The van der Waals surface area contributed by atoms with Gasteiger partial charge in [-0.05, 0) is 13.0 Å². The van der Waals surface area contributed by atoms with Crippen LogP contribution >= 0.6 is 0 Å². The van der Waals surface area contributed by atoms with E-state index < -0.39 is 24.7 Å². The van der Waals surface area contributed by atoms with E-state index in [1.807, 2.05) is 0 Å². The van der Waals surface area contributed by atoms with Gasteiger partial charge in [0.1, 0.15) is 12.4 Å². The summed E-state index contributed by atoms with van der Waals surface area (Å²) in [5.74, 6) is -4.27. The zero-order chi connectivity index (χ0) is 14.5. The second kappa shape index (κ2) is 6.26. The van der Waals surface area contributed by atoms with Crippen LogP contribution in [0.25, 0.3) is 6.08 Å². The first kappa shape index (κ1) is 15.1. The molecular weight excluding hydrogens is 261 g/mol. The molecule has 104 valence electrons. The van der Waals surface area contributed by atoms with Crippen molar-refractivity contribution in [3.63, 3.8) is 0 Å². The van der Waals surface area contributed by atoms with Gasteiger partial charge in [0, 0.05) is 5.56 Å². The number of aliphatic carboxylic acids is 1. The van der Waals surface area contributed by atoms with Gasteiger partial charge in [-0.3, -0.25) is 4.79 Å². The topological polar surface area (TPSA) is 46.5 Å². The summed E-state index contributed by atoms with van der Waals surface area (Å²) in [7, 11) is 0. The lowest BCUT2D eigenvalue weighted by Gasteiger charge is -2.17. The van der Waals surface area contributed by atoms with Crippen LogP contribution in [0.15, 0.2) is 30.3 Å². The van der Waals surface area contributed by atoms with Gasteiger partial charge in [0.2, 0.25) is 0 Å². The number of halogens is 3. The maximum Gasteiger partial charge on any atom is 0.405 e. The van der Waals surface area contributed by atoms with Crippen molar-refractivity contribution in [3.05, 3.63) is 35.9 Å². The quantitative estimate of drug-likeness (QED) is 0.895. The normalized spacial score (nSPS) is 13.5.